The molecule has 0 fully saturated rings. The number of hydrogen-bond donors (Lipinski definition) is 1. The molecule has 0 spiro atoms. The number of nitrogens with zero attached hydrogens (tertiary/aromatic N) is 2. The van der Waals surface area contributed by atoms with Crippen molar-refractivity contribution in [1.29, 1.82) is 0 Å². The maximum absolute atomic E-state index is 6.21. The van der Waals surface area contributed by atoms with E-state index in [1.165, 1.54) is 22.2 Å². The molecule has 2 aromatic rings. The summed E-state index contributed by atoms with van der Waals surface area (Å²) in [6, 6.07) is 6.03. The molecule has 3 nitrogen and oxygen atoms in total. The van der Waals surface area contributed by atoms with Crippen molar-refractivity contribution in [2.24, 2.45) is 0 Å². The van der Waals surface area contributed by atoms with Crippen LogP contribution >= 0.6 is 11.6 Å². The second kappa shape index (κ2) is 6.30. The summed E-state index contributed by atoms with van der Waals surface area (Å²) in [5, 5.41) is 5.45. The van der Waals surface area contributed by atoms with E-state index in [1.54, 1.807) is 0 Å². The Kier molecular flexibility index (Phi) is 4.43. The van der Waals surface area contributed by atoms with E-state index >= 15 is 0 Å². The molecule has 0 saturated heterocycles. The molecule has 1 aliphatic heterocycles. The van der Waals surface area contributed by atoms with Crippen molar-refractivity contribution in [2.45, 2.75) is 33.4 Å². The second-order valence-electron chi connectivity index (χ2n) is 5.58. The largest absolute Gasteiger partial charge is 0.313 e. The van der Waals surface area contributed by atoms with Crippen molar-refractivity contribution in [2.75, 3.05) is 19.6 Å². The van der Waals surface area contributed by atoms with Crippen LogP contribution in [0, 0.1) is 0 Å². The number of fused-ring (bicyclic) bond motifs is 2. The lowest BCUT2D eigenvalue weighted by Gasteiger charge is -2.29. The third kappa shape index (κ3) is 2.91. The van der Waals surface area contributed by atoms with E-state index in [0.29, 0.717) is 0 Å². The molecule has 3 rings (SSSR count). The van der Waals surface area contributed by atoms with Gasteiger partial charge in [0, 0.05) is 42.2 Å². The summed E-state index contributed by atoms with van der Waals surface area (Å²) in [4.78, 5) is 7.36. The van der Waals surface area contributed by atoms with Crippen molar-refractivity contribution < 1.29 is 0 Å². The first-order chi connectivity index (χ1) is 10.2. The Balaban J connectivity index is 2.16. The van der Waals surface area contributed by atoms with Crippen LogP contribution in [0.25, 0.3) is 10.9 Å². The van der Waals surface area contributed by atoms with Gasteiger partial charge in [0.25, 0.3) is 0 Å². The van der Waals surface area contributed by atoms with Gasteiger partial charge in [0.1, 0.15) is 0 Å². The zero-order valence-corrected chi connectivity index (χ0v) is 13.5. The molecule has 0 saturated carbocycles. The fourth-order valence-electron chi connectivity index (χ4n) is 3.08. The molecule has 0 amide bonds. The zero-order chi connectivity index (χ0) is 14.8. The van der Waals surface area contributed by atoms with Gasteiger partial charge in [0.15, 0.2) is 0 Å². The van der Waals surface area contributed by atoms with Crippen LogP contribution in [0.15, 0.2) is 18.2 Å². The van der Waals surface area contributed by atoms with Gasteiger partial charge in [-0.05, 0) is 42.4 Å². The van der Waals surface area contributed by atoms with E-state index in [9.17, 15) is 0 Å². The number of rotatable bonds is 4. The van der Waals surface area contributed by atoms with E-state index < -0.39 is 0 Å². The Morgan fingerprint density at radius 2 is 2.19 bits per heavy atom. The predicted molar refractivity (Wildman–Crippen MR) is 88.8 cm³/mol. The summed E-state index contributed by atoms with van der Waals surface area (Å²) in [5.74, 6) is 0. The number of aromatic nitrogens is 1. The summed E-state index contributed by atoms with van der Waals surface area (Å²) in [6.07, 6.45) is 1.04. The van der Waals surface area contributed by atoms with Gasteiger partial charge in [0.05, 0.1) is 5.52 Å². The first-order valence-electron chi connectivity index (χ1n) is 7.75. The molecule has 1 aromatic carbocycles. The molecule has 0 radical (unpaired) electrons. The molecule has 2 heterocycles. The second-order valence-corrected chi connectivity index (χ2v) is 6.01. The Morgan fingerprint density at radius 1 is 1.33 bits per heavy atom. The maximum Gasteiger partial charge on any atom is 0.0709 e. The van der Waals surface area contributed by atoms with E-state index in [1.807, 2.05) is 12.1 Å². The summed E-state index contributed by atoms with van der Waals surface area (Å²) in [6.45, 7) is 9.42. The molecule has 0 unspecified atom stereocenters. The van der Waals surface area contributed by atoms with Crippen molar-refractivity contribution in [1.82, 2.24) is 15.2 Å². The Bertz CT molecular complexity index is 654. The van der Waals surface area contributed by atoms with Crippen molar-refractivity contribution in [3.05, 3.63) is 40.0 Å². The fraction of sp³-hybridized carbons (Fsp3) is 0.471. The minimum absolute atomic E-state index is 0.783. The van der Waals surface area contributed by atoms with E-state index in [0.717, 1.165) is 49.7 Å². The van der Waals surface area contributed by atoms with Crippen LogP contribution in [0.1, 0.15) is 30.7 Å². The van der Waals surface area contributed by atoms with Gasteiger partial charge < -0.3 is 5.32 Å². The summed E-state index contributed by atoms with van der Waals surface area (Å²) in [7, 11) is 0. The lowest BCUT2D eigenvalue weighted by Crippen LogP contribution is -2.32. The van der Waals surface area contributed by atoms with Crippen LogP contribution in [-0.2, 0) is 19.5 Å². The predicted octanol–water partition coefficient (Wildman–Crippen LogP) is 3.38. The van der Waals surface area contributed by atoms with Gasteiger partial charge in [-0.3, -0.25) is 9.88 Å². The molecule has 112 valence electrons. The summed E-state index contributed by atoms with van der Waals surface area (Å²) < 4.78 is 0. The van der Waals surface area contributed by atoms with Gasteiger partial charge in [-0.15, -0.1) is 0 Å². The van der Waals surface area contributed by atoms with Crippen LogP contribution in [0.2, 0.25) is 5.02 Å². The zero-order valence-electron chi connectivity index (χ0n) is 12.7. The first kappa shape index (κ1) is 14.8. The van der Waals surface area contributed by atoms with Crippen LogP contribution in [0.4, 0.5) is 0 Å². The van der Waals surface area contributed by atoms with Gasteiger partial charge in [-0.2, -0.15) is 0 Å². The quantitative estimate of drug-likeness (QED) is 0.938. The third-order valence-electron chi connectivity index (χ3n) is 4.30. The van der Waals surface area contributed by atoms with Crippen LogP contribution in [0.5, 0.6) is 0 Å². The van der Waals surface area contributed by atoms with Crippen molar-refractivity contribution >= 4 is 22.5 Å². The lowest BCUT2D eigenvalue weighted by atomic mass is 9.95. The number of hydrogen-bond acceptors (Lipinski definition) is 3. The molecular weight excluding hydrogens is 282 g/mol. The molecular formula is C17H22ClN3. The highest BCUT2D eigenvalue weighted by Gasteiger charge is 2.21. The Morgan fingerprint density at radius 3 is 2.95 bits per heavy atom. The van der Waals surface area contributed by atoms with Gasteiger partial charge >= 0.3 is 0 Å². The van der Waals surface area contributed by atoms with Gasteiger partial charge in [-0.1, -0.05) is 25.4 Å². The van der Waals surface area contributed by atoms with Crippen molar-refractivity contribution in [3.8, 4) is 0 Å². The minimum atomic E-state index is 0.783. The molecule has 0 aliphatic carbocycles. The average Bonchev–Trinajstić information content (AvgIpc) is 2.51. The third-order valence-corrected chi connectivity index (χ3v) is 4.53. The normalized spacial score (nSPS) is 15.4. The summed E-state index contributed by atoms with van der Waals surface area (Å²) in [5.41, 5.74) is 5.11. The SMILES string of the molecule is CCNCc1c2c(nc3ccc(Cl)cc13)CCN(CC)C2. The maximum atomic E-state index is 6.21. The van der Waals surface area contributed by atoms with E-state index in [4.69, 9.17) is 16.6 Å². The first-order valence-corrected chi connectivity index (χ1v) is 8.13. The number of halogens is 1. The molecule has 0 atom stereocenters. The highest BCUT2D eigenvalue weighted by Crippen LogP contribution is 2.29. The molecule has 4 heteroatoms. The minimum Gasteiger partial charge on any atom is -0.313 e. The van der Waals surface area contributed by atoms with Gasteiger partial charge in [0.2, 0.25) is 0 Å². The highest BCUT2D eigenvalue weighted by molar-refractivity contribution is 6.31. The Hall–Kier alpha value is -1.16. The average molecular weight is 304 g/mol. The van der Waals surface area contributed by atoms with E-state index in [-0.39, 0.29) is 0 Å². The van der Waals surface area contributed by atoms with Crippen LogP contribution in [-0.4, -0.2) is 29.5 Å². The smallest absolute Gasteiger partial charge is 0.0709 e. The molecule has 1 N–H and O–H groups in total. The lowest BCUT2D eigenvalue weighted by molar-refractivity contribution is 0.265. The van der Waals surface area contributed by atoms with E-state index in [2.05, 4.69) is 30.1 Å². The summed E-state index contributed by atoms with van der Waals surface area (Å²) >= 11 is 6.21. The standard InChI is InChI=1S/C17H22ClN3/c1-3-19-10-14-13-9-12(18)5-6-16(13)20-17-7-8-21(4-2)11-15(14)17/h5-6,9,19H,3-4,7-8,10-11H2,1-2H3. The Labute approximate surface area is 131 Å². The van der Waals surface area contributed by atoms with Crippen molar-refractivity contribution in [3.63, 3.8) is 0 Å². The molecule has 21 heavy (non-hydrogen) atoms. The van der Waals surface area contributed by atoms with Crippen LogP contribution < -0.4 is 5.32 Å². The number of benzene rings is 1. The number of nitrogens with one attached hydrogen (secondary N) is 1. The number of likely N-dealkylation sites (N-methyl/N-ethyl adjacent to an activating group) is 1. The fourth-order valence-corrected chi connectivity index (χ4v) is 3.25. The number of pyridine rings is 1. The molecule has 1 aliphatic rings. The van der Waals surface area contributed by atoms with Gasteiger partial charge in [-0.25, -0.2) is 0 Å². The highest BCUT2D eigenvalue weighted by atomic mass is 35.5. The molecule has 0 bridgehead atoms. The monoisotopic (exact) mass is 303 g/mol. The van der Waals surface area contributed by atoms with Crippen LogP contribution in [0.3, 0.4) is 0 Å². The molecule has 1 aromatic heterocycles. The topological polar surface area (TPSA) is 28.2 Å².